The molecule has 1 aliphatic carbocycles. The van der Waals surface area contributed by atoms with Crippen LogP contribution in [-0.2, 0) is 4.74 Å². The Kier molecular flexibility index (Phi) is 7.06. The van der Waals surface area contributed by atoms with Gasteiger partial charge in [-0.05, 0) is 32.7 Å². The molecule has 0 aromatic carbocycles. The summed E-state index contributed by atoms with van der Waals surface area (Å²) in [6.45, 7) is 5.16. The molecule has 0 heterocycles. The van der Waals surface area contributed by atoms with Crippen LogP contribution in [0.3, 0.4) is 0 Å². The summed E-state index contributed by atoms with van der Waals surface area (Å²) in [5.41, 5.74) is 0. The standard InChI is InChI=1S/C14H29NO/c1-4-14(16-5-2)13(15-3)11-12-9-7-6-8-10-12/h12-15H,4-11H2,1-3H3. The van der Waals surface area contributed by atoms with Crippen LogP contribution >= 0.6 is 0 Å². The van der Waals surface area contributed by atoms with Gasteiger partial charge in [-0.2, -0.15) is 0 Å². The lowest BCUT2D eigenvalue weighted by atomic mass is 9.83. The van der Waals surface area contributed by atoms with Gasteiger partial charge in [0.25, 0.3) is 0 Å². The van der Waals surface area contributed by atoms with E-state index in [-0.39, 0.29) is 0 Å². The topological polar surface area (TPSA) is 21.3 Å². The zero-order valence-electron chi connectivity index (χ0n) is 11.3. The van der Waals surface area contributed by atoms with E-state index >= 15 is 0 Å². The fraction of sp³-hybridized carbons (Fsp3) is 1.00. The highest BCUT2D eigenvalue weighted by Gasteiger charge is 2.23. The highest BCUT2D eigenvalue weighted by molar-refractivity contribution is 4.79. The van der Waals surface area contributed by atoms with Gasteiger partial charge in [0.05, 0.1) is 6.10 Å². The molecule has 96 valence electrons. The van der Waals surface area contributed by atoms with E-state index in [2.05, 4.69) is 26.2 Å². The number of hydrogen-bond donors (Lipinski definition) is 1. The number of nitrogens with one attached hydrogen (secondary N) is 1. The largest absolute Gasteiger partial charge is 0.377 e. The molecule has 2 heteroatoms. The summed E-state index contributed by atoms with van der Waals surface area (Å²) >= 11 is 0. The zero-order chi connectivity index (χ0) is 11.8. The molecule has 0 saturated heterocycles. The third-order valence-corrected chi connectivity index (χ3v) is 3.91. The van der Waals surface area contributed by atoms with Crippen LogP contribution in [0.5, 0.6) is 0 Å². The van der Waals surface area contributed by atoms with Crippen molar-refractivity contribution in [2.24, 2.45) is 5.92 Å². The second-order valence-corrected chi connectivity index (χ2v) is 5.04. The molecule has 16 heavy (non-hydrogen) atoms. The molecule has 2 atom stereocenters. The monoisotopic (exact) mass is 227 g/mol. The third kappa shape index (κ3) is 4.42. The first-order valence-corrected chi connectivity index (χ1v) is 7.10. The second kappa shape index (κ2) is 8.08. The van der Waals surface area contributed by atoms with Crippen molar-refractivity contribution < 1.29 is 4.74 Å². The SMILES string of the molecule is CCOC(CC)C(CC1CCCCC1)NC. The van der Waals surface area contributed by atoms with Crippen LogP contribution in [0.15, 0.2) is 0 Å². The van der Waals surface area contributed by atoms with E-state index in [9.17, 15) is 0 Å². The number of likely N-dealkylation sites (N-methyl/N-ethyl adjacent to an activating group) is 1. The molecule has 0 amide bonds. The smallest absolute Gasteiger partial charge is 0.0725 e. The Labute approximate surface area is 101 Å². The Morgan fingerprint density at radius 3 is 2.38 bits per heavy atom. The Bertz CT molecular complexity index is 166. The minimum Gasteiger partial charge on any atom is -0.377 e. The molecule has 0 aromatic rings. The summed E-state index contributed by atoms with van der Waals surface area (Å²) < 4.78 is 5.82. The molecule has 1 N–H and O–H groups in total. The van der Waals surface area contributed by atoms with E-state index in [0.29, 0.717) is 12.1 Å². The molecule has 2 nitrogen and oxygen atoms in total. The van der Waals surface area contributed by atoms with Gasteiger partial charge in [-0.1, -0.05) is 39.0 Å². The Morgan fingerprint density at radius 1 is 1.19 bits per heavy atom. The lowest BCUT2D eigenvalue weighted by Crippen LogP contribution is -2.40. The number of hydrogen-bond acceptors (Lipinski definition) is 2. The van der Waals surface area contributed by atoms with Crippen LogP contribution in [0.1, 0.15) is 58.8 Å². The lowest BCUT2D eigenvalue weighted by Gasteiger charge is -2.31. The first kappa shape index (κ1) is 14.0. The molecule has 0 spiro atoms. The van der Waals surface area contributed by atoms with Crippen LogP contribution in [0.25, 0.3) is 0 Å². The molecule has 2 unspecified atom stereocenters. The van der Waals surface area contributed by atoms with Crippen molar-refractivity contribution in [1.29, 1.82) is 0 Å². The maximum atomic E-state index is 5.82. The first-order chi connectivity index (χ1) is 7.81. The van der Waals surface area contributed by atoms with Gasteiger partial charge in [-0.3, -0.25) is 0 Å². The van der Waals surface area contributed by atoms with Gasteiger partial charge >= 0.3 is 0 Å². The van der Waals surface area contributed by atoms with Crippen LogP contribution in [0.2, 0.25) is 0 Å². The fourth-order valence-corrected chi connectivity index (χ4v) is 2.97. The molecule has 1 fully saturated rings. The van der Waals surface area contributed by atoms with Crippen LogP contribution < -0.4 is 5.32 Å². The first-order valence-electron chi connectivity index (χ1n) is 7.10. The summed E-state index contributed by atoms with van der Waals surface area (Å²) in [5, 5.41) is 3.46. The van der Waals surface area contributed by atoms with E-state index < -0.39 is 0 Å². The van der Waals surface area contributed by atoms with Crippen molar-refractivity contribution in [2.45, 2.75) is 70.9 Å². The van der Waals surface area contributed by atoms with Crippen LogP contribution in [-0.4, -0.2) is 25.8 Å². The maximum absolute atomic E-state index is 5.82. The van der Waals surface area contributed by atoms with Gasteiger partial charge in [0.15, 0.2) is 0 Å². The molecular formula is C14H29NO. The predicted molar refractivity (Wildman–Crippen MR) is 69.7 cm³/mol. The van der Waals surface area contributed by atoms with Gasteiger partial charge in [0.1, 0.15) is 0 Å². The van der Waals surface area contributed by atoms with Gasteiger partial charge in [-0.25, -0.2) is 0 Å². The summed E-state index contributed by atoms with van der Waals surface area (Å²) in [6.07, 6.45) is 10.0. The predicted octanol–water partition coefficient (Wildman–Crippen LogP) is 3.36. The molecule has 0 radical (unpaired) electrons. The number of rotatable bonds is 7. The lowest BCUT2D eigenvalue weighted by molar-refractivity contribution is 0.0256. The van der Waals surface area contributed by atoms with E-state index in [1.54, 1.807) is 0 Å². The van der Waals surface area contributed by atoms with E-state index in [4.69, 9.17) is 4.74 Å². The van der Waals surface area contributed by atoms with Gasteiger partial charge in [0.2, 0.25) is 0 Å². The van der Waals surface area contributed by atoms with Crippen molar-refractivity contribution in [3.63, 3.8) is 0 Å². The Hall–Kier alpha value is -0.0800. The number of ether oxygens (including phenoxy) is 1. The molecular weight excluding hydrogens is 198 g/mol. The highest BCUT2D eigenvalue weighted by atomic mass is 16.5. The van der Waals surface area contributed by atoms with Crippen molar-refractivity contribution in [1.82, 2.24) is 5.32 Å². The van der Waals surface area contributed by atoms with Gasteiger partial charge in [-0.15, -0.1) is 0 Å². The summed E-state index contributed by atoms with van der Waals surface area (Å²) in [4.78, 5) is 0. The summed E-state index contributed by atoms with van der Waals surface area (Å²) in [7, 11) is 2.08. The van der Waals surface area contributed by atoms with Crippen LogP contribution in [0, 0.1) is 5.92 Å². The normalized spacial score (nSPS) is 21.9. The average Bonchev–Trinajstić information content (AvgIpc) is 2.35. The van der Waals surface area contributed by atoms with Gasteiger partial charge < -0.3 is 10.1 Å². The highest BCUT2D eigenvalue weighted by Crippen LogP contribution is 2.28. The molecule has 1 saturated carbocycles. The average molecular weight is 227 g/mol. The van der Waals surface area contributed by atoms with Gasteiger partial charge in [0, 0.05) is 12.6 Å². The quantitative estimate of drug-likeness (QED) is 0.720. The van der Waals surface area contributed by atoms with Crippen molar-refractivity contribution in [3.8, 4) is 0 Å². The van der Waals surface area contributed by atoms with Crippen molar-refractivity contribution >= 4 is 0 Å². The Balaban J connectivity index is 2.38. The maximum Gasteiger partial charge on any atom is 0.0725 e. The summed E-state index contributed by atoms with van der Waals surface area (Å²) in [6, 6.07) is 0.549. The second-order valence-electron chi connectivity index (χ2n) is 5.04. The molecule has 1 aliphatic rings. The molecule has 0 aromatic heterocycles. The molecule has 0 aliphatic heterocycles. The summed E-state index contributed by atoms with van der Waals surface area (Å²) in [5.74, 6) is 0.931. The van der Waals surface area contributed by atoms with Crippen molar-refractivity contribution in [2.75, 3.05) is 13.7 Å². The van der Waals surface area contributed by atoms with E-state index in [1.807, 2.05) is 0 Å². The van der Waals surface area contributed by atoms with Crippen molar-refractivity contribution in [3.05, 3.63) is 0 Å². The van der Waals surface area contributed by atoms with E-state index in [1.165, 1.54) is 38.5 Å². The van der Waals surface area contributed by atoms with E-state index in [0.717, 1.165) is 18.9 Å². The Morgan fingerprint density at radius 2 is 1.88 bits per heavy atom. The zero-order valence-corrected chi connectivity index (χ0v) is 11.3. The molecule has 1 rings (SSSR count). The molecule has 0 bridgehead atoms. The minimum atomic E-state index is 0.400. The fourth-order valence-electron chi connectivity index (χ4n) is 2.97. The minimum absolute atomic E-state index is 0.400. The van der Waals surface area contributed by atoms with Crippen LogP contribution in [0.4, 0.5) is 0 Å². The third-order valence-electron chi connectivity index (χ3n) is 3.91.